The van der Waals surface area contributed by atoms with Crippen LogP contribution in [-0.4, -0.2) is 74.2 Å². The molecule has 1 heterocycles. The molecule has 6 aliphatic rings. The van der Waals surface area contributed by atoms with Crippen LogP contribution >= 0.6 is 0 Å². The smallest absolute Gasteiger partial charge is 0.314 e. The fourth-order valence-corrected chi connectivity index (χ4v) is 8.30. The van der Waals surface area contributed by atoms with E-state index in [-0.39, 0.29) is 12.1 Å². The number of amides is 2. The van der Waals surface area contributed by atoms with Crippen LogP contribution in [-0.2, 0) is 14.5 Å². The van der Waals surface area contributed by atoms with Gasteiger partial charge in [-0.1, -0.05) is 12.1 Å². The Hall–Kier alpha value is -1.87. The molecular formula is C30H45N3O5. The summed E-state index contributed by atoms with van der Waals surface area (Å²) >= 11 is 0. The van der Waals surface area contributed by atoms with Crippen LogP contribution in [0.3, 0.4) is 0 Å². The molecule has 2 amide bonds. The van der Waals surface area contributed by atoms with Gasteiger partial charge in [-0.2, -0.15) is 0 Å². The fraction of sp³-hybridized carbons (Fsp3) is 0.767. The van der Waals surface area contributed by atoms with Crippen LogP contribution in [0.2, 0.25) is 0 Å². The number of piperazine rings is 1. The maximum absolute atomic E-state index is 11.3. The first-order chi connectivity index (χ1) is 18.5. The number of carbonyl (C=O) groups excluding carboxylic acids is 1. The molecule has 0 atom stereocenters. The normalized spacial score (nSPS) is 36.9. The Morgan fingerprint density at radius 1 is 0.921 bits per heavy atom. The average molecular weight is 528 g/mol. The van der Waals surface area contributed by atoms with Gasteiger partial charge in [0.05, 0.1) is 6.10 Å². The van der Waals surface area contributed by atoms with E-state index in [9.17, 15) is 4.79 Å². The molecule has 0 unspecified atom stereocenters. The van der Waals surface area contributed by atoms with E-state index < -0.39 is 5.79 Å². The van der Waals surface area contributed by atoms with Crippen molar-refractivity contribution in [3.05, 3.63) is 29.8 Å². The lowest BCUT2D eigenvalue weighted by Gasteiger charge is -2.58. The van der Waals surface area contributed by atoms with Crippen molar-refractivity contribution in [1.29, 1.82) is 0 Å². The molecular weight excluding hydrogens is 482 g/mol. The van der Waals surface area contributed by atoms with Crippen LogP contribution in [0.5, 0.6) is 5.75 Å². The molecule has 0 spiro atoms. The minimum absolute atomic E-state index is 0.155. The minimum Gasteiger partial charge on any atom is -0.492 e. The number of ether oxygens (including phenoxy) is 2. The molecule has 5 saturated carbocycles. The highest BCUT2D eigenvalue weighted by atomic mass is 17.2. The quantitative estimate of drug-likeness (QED) is 0.288. The molecule has 38 heavy (non-hydrogen) atoms. The van der Waals surface area contributed by atoms with Crippen LogP contribution in [0.4, 0.5) is 4.79 Å². The van der Waals surface area contributed by atoms with E-state index >= 15 is 0 Å². The molecule has 0 radical (unpaired) electrons. The first-order valence-corrected chi connectivity index (χ1v) is 14.9. The summed E-state index contributed by atoms with van der Waals surface area (Å²) < 4.78 is 12.1. The predicted octanol–water partition coefficient (Wildman–Crippen LogP) is 4.53. The van der Waals surface area contributed by atoms with Gasteiger partial charge in [-0.3, -0.25) is 4.90 Å². The number of rotatable bonds is 9. The van der Waals surface area contributed by atoms with Gasteiger partial charge in [0.25, 0.3) is 0 Å². The van der Waals surface area contributed by atoms with E-state index in [1.807, 2.05) is 7.11 Å². The first kappa shape index (κ1) is 26.4. The largest absolute Gasteiger partial charge is 0.492 e. The van der Waals surface area contributed by atoms with Gasteiger partial charge in [0.1, 0.15) is 12.4 Å². The van der Waals surface area contributed by atoms with Crippen molar-refractivity contribution in [3.63, 3.8) is 0 Å². The highest BCUT2D eigenvalue weighted by molar-refractivity contribution is 5.72. The summed E-state index contributed by atoms with van der Waals surface area (Å²) in [5.41, 5.74) is 6.74. The summed E-state index contributed by atoms with van der Waals surface area (Å²) in [5.74, 6) is 3.70. The monoisotopic (exact) mass is 527 g/mol. The van der Waals surface area contributed by atoms with E-state index in [2.05, 4.69) is 29.2 Å². The van der Waals surface area contributed by atoms with E-state index in [0.29, 0.717) is 37.5 Å². The Morgan fingerprint density at radius 3 is 2.13 bits per heavy atom. The van der Waals surface area contributed by atoms with Crippen LogP contribution in [0, 0.1) is 23.7 Å². The second kappa shape index (κ2) is 11.3. The third kappa shape index (κ3) is 5.42. The van der Waals surface area contributed by atoms with Gasteiger partial charge in [0.15, 0.2) is 0 Å². The van der Waals surface area contributed by atoms with Gasteiger partial charge >= 0.3 is 6.03 Å². The fourth-order valence-electron chi connectivity index (χ4n) is 8.30. The second-order valence-electron chi connectivity index (χ2n) is 12.5. The topological polar surface area (TPSA) is 86.5 Å². The van der Waals surface area contributed by atoms with Gasteiger partial charge in [0, 0.05) is 51.7 Å². The molecule has 0 aromatic heterocycles. The summed E-state index contributed by atoms with van der Waals surface area (Å²) in [6, 6.07) is 8.31. The van der Waals surface area contributed by atoms with E-state index in [1.165, 1.54) is 37.7 Å². The van der Waals surface area contributed by atoms with Crippen molar-refractivity contribution in [2.24, 2.45) is 29.4 Å². The molecule has 1 aliphatic heterocycles. The molecule has 2 N–H and O–H groups in total. The first-order valence-electron chi connectivity index (χ1n) is 14.9. The summed E-state index contributed by atoms with van der Waals surface area (Å²) in [5, 5.41) is 0. The lowest BCUT2D eigenvalue weighted by atomic mass is 9.53. The Morgan fingerprint density at radius 2 is 1.55 bits per heavy atom. The van der Waals surface area contributed by atoms with Crippen LogP contribution in [0.15, 0.2) is 24.3 Å². The van der Waals surface area contributed by atoms with Crippen LogP contribution in [0.25, 0.3) is 0 Å². The zero-order chi connectivity index (χ0) is 26.1. The highest BCUT2D eigenvalue weighted by Crippen LogP contribution is 2.60. The number of benzene rings is 1. The number of urea groups is 1. The Bertz CT molecular complexity index is 912. The number of nitrogens with zero attached hydrogens (tertiary/aromatic N) is 2. The summed E-state index contributed by atoms with van der Waals surface area (Å²) in [7, 11) is 1.82. The Kier molecular flexibility index (Phi) is 7.85. The van der Waals surface area contributed by atoms with Gasteiger partial charge in [-0.05, 0) is 93.2 Å². The molecule has 8 heteroatoms. The SMILES string of the molecule is COC1(OO[C@H]2CC[C@@H](c3ccc(OCCN4CCN(C(N)=O)CC4)cc3)CC2)C2CC3CC(C2)CC1C3. The van der Waals surface area contributed by atoms with Crippen molar-refractivity contribution in [1.82, 2.24) is 9.80 Å². The summed E-state index contributed by atoms with van der Waals surface area (Å²) in [4.78, 5) is 27.7. The zero-order valence-corrected chi connectivity index (χ0v) is 22.9. The second-order valence-corrected chi connectivity index (χ2v) is 12.5. The zero-order valence-electron chi connectivity index (χ0n) is 22.9. The molecule has 1 aromatic rings. The number of primary amides is 1. The molecule has 1 aromatic carbocycles. The van der Waals surface area contributed by atoms with Crippen LogP contribution < -0.4 is 10.5 Å². The molecule has 210 valence electrons. The number of hydrogen-bond donors (Lipinski definition) is 1. The summed E-state index contributed by atoms with van der Waals surface area (Å²) in [6.07, 6.45) is 10.8. The highest BCUT2D eigenvalue weighted by Gasteiger charge is 2.60. The lowest BCUT2D eigenvalue weighted by molar-refractivity contribution is -0.485. The van der Waals surface area contributed by atoms with Crippen molar-refractivity contribution in [2.75, 3.05) is 46.4 Å². The summed E-state index contributed by atoms with van der Waals surface area (Å²) in [6.45, 7) is 4.57. The van der Waals surface area contributed by atoms with Gasteiger partial charge < -0.3 is 20.1 Å². The molecule has 8 nitrogen and oxygen atoms in total. The molecule has 6 fully saturated rings. The van der Waals surface area contributed by atoms with E-state index in [0.717, 1.165) is 62.9 Å². The van der Waals surface area contributed by atoms with E-state index in [1.54, 1.807) is 4.90 Å². The number of hydrogen-bond acceptors (Lipinski definition) is 6. The molecule has 1 saturated heterocycles. The van der Waals surface area contributed by atoms with Crippen molar-refractivity contribution < 1.29 is 24.0 Å². The van der Waals surface area contributed by atoms with Gasteiger partial charge in [-0.25, -0.2) is 14.6 Å². The van der Waals surface area contributed by atoms with Crippen molar-refractivity contribution in [2.45, 2.75) is 75.6 Å². The predicted molar refractivity (Wildman–Crippen MR) is 143 cm³/mol. The van der Waals surface area contributed by atoms with E-state index in [4.69, 9.17) is 25.0 Å². The Labute approximate surface area is 227 Å². The molecule has 5 aliphatic carbocycles. The Balaban J connectivity index is 0.921. The number of nitrogens with two attached hydrogens (primary N) is 1. The lowest BCUT2D eigenvalue weighted by Crippen LogP contribution is -2.60. The van der Waals surface area contributed by atoms with Gasteiger partial charge in [0.2, 0.25) is 5.79 Å². The molecule has 7 rings (SSSR count). The maximum atomic E-state index is 11.3. The maximum Gasteiger partial charge on any atom is 0.314 e. The third-order valence-electron chi connectivity index (χ3n) is 10.3. The average Bonchev–Trinajstić information content (AvgIpc) is 2.94. The molecule has 4 bridgehead atoms. The minimum atomic E-state index is -0.516. The third-order valence-corrected chi connectivity index (χ3v) is 10.3. The van der Waals surface area contributed by atoms with Gasteiger partial charge in [-0.15, -0.1) is 0 Å². The van der Waals surface area contributed by atoms with Crippen LogP contribution in [0.1, 0.15) is 69.3 Å². The number of methoxy groups -OCH3 is 1. The number of carbonyl (C=O) groups is 1. The van der Waals surface area contributed by atoms with Crippen molar-refractivity contribution in [3.8, 4) is 5.75 Å². The standard InChI is InChI=1S/C30H45N3O5/c1-35-30(25-17-21-16-22(19-25)20-26(30)18-21)38-37-28-8-4-24(5-9-28)23-2-6-27(7-3-23)36-15-14-32-10-12-33(13-11-32)29(31)34/h2-3,6-7,21-22,24-26,28H,4-5,8-20H2,1H3,(H2,31,34)/t21?,22?,24-,25?,26?,28+,30?. The van der Waals surface area contributed by atoms with Crippen molar-refractivity contribution >= 4 is 6.03 Å².